The molecule has 0 aliphatic rings. The van der Waals surface area contributed by atoms with Crippen molar-refractivity contribution < 1.29 is 9.53 Å². The highest BCUT2D eigenvalue weighted by molar-refractivity contribution is 5.67. The maximum atomic E-state index is 11.4. The fourth-order valence-corrected chi connectivity index (χ4v) is 1.36. The number of pyridine rings is 1. The number of carbonyl (C=O) groups is 1. The van der Waals surface area contributed by atoms with E-state index in [2.05, 4.69) is 16.4 Å². The Morgan fingerprint density at radius 2 is 2.28 bits per heavy atom. The number of nitriles is 1. The molecule has 1 aromatic rings. The van der Waals surface area contributed by atoms with Gasteiger partial charge in [-0.25, -0.2) is 4.79 Å². The maximum absolute atomic E-state index is 11.4. The van der Waals surface area contributed by atoms with E-state index in [1.54, 1.807) is 12.3 Å². The number of aromatic nitrogens is 1. The van der Waals surface area contributed by atoms with Crippen molar-refractivity contribution >= 4 is 6.09 Å². The molecule has 0 radical (unpaired) electrons. The van der Waals surface area contributed by atoms with Crippen molar-refractivity contribution in [1.82, 2.24) is 10.3 Å². The minimum absolute atomic E-state index is 0.424. The fourth-order valence-electron chi connectivity index (χ4n) is 1.36. The minimum Gasteiger partial charge on any atom is -0.444 e. The Balaban J connectivity index is 2.43. The number of carbonyl (C=O) groups excluding carboxylic acids is 1. The van der Waals surface area contributed by atoms with E-state index in [0.29, 0.717) is 18.5 Å². The van der Waals surface area contributed by atoms with Gasteiger partial charge in [0.15, 0.2) is 0 Å². The number of rotatable bonds is 3. The summed E-state index contributed by atoms with van der Waals surface area (Å²) in [5, 5.41) is 11.5. The number of ether oxygens (including phenoxy) is 1. The summed E-state index contributed by atoms with van der Waals surface area (Å²) in [7, 11) is 0. The molecule has 0 fully saturated rings. The molecule has 0 aliphatic carbocycles. The zero-order valence-electron chi connectivity index (χ0n) is 10.9. The Morgan fingerprint density at radius 3 is 2.89 bits per heavy atom. The molecular weight excluding hydrogens is 230 g/mol. The molecule has 0 saturated heterocycles. The molecule has 1 heterocycles. The molecule has 0 atom stereocenters. The Kier molecular flexibility index (Phi) is 4.67. The molecule has 0 unspecified atom stereocenters. The summed E-state index contributed by atoms with van der Waals surface area (Å²) < 4.78 is 5.10. The molecule has 1 rings (SSSR count). The van der Waals surface area contributed by atoms with Gasteiger partial charge in [-0.05, 0) is 38.8 Å². The van der Waals surface area contributed by atoms with E-state index in [1.165, 1.54) is 6.20 Å². The lowest BCUT2D eigenvalue weighted by atomic mass is 10.1. The molecule has 1 aromatic heterocycles. The Morgan fingerprint density at radius 1 is 1.56 bits per heavy atom. The summed E-state index contributed by atoms with van der Waals surface area (Å²) >= 11 is 0. The van der Waals surface area contributed by atoms with Gasteiger partial charge in [-0.15, -0.1) is 0 Å². The Bertz CT molecular complexity index is 458. The second-order valence-corrected chi connectivity index (χ2v) is 4.82. The van der Waals surface area contributed by atoms with Crippen LogP contribution in [0, 0.1) is 11.3 Å². The van der Waals surface area contributed by atoms with Crippen molar-refractivity contribution in [1.29, 1.82) is 5.26 Å². The lowest BCUT2D eigenvalue weighted by Crippen LogP contribution is -2.33. The van der Waals surface area contributed by atoms with Crippen LogP contribution in [0.5, 0.6) is 0 Å². The molecule has 0 aliphatic heterocycles. The van der Waals surface area contributed by atoms with Crippen LogP contribution in [0.25, 0.3) is 0 Å². The topological polar surface area (TPSA) is 75.0 Å². The van der Waals surface area contributed by atoms with Crippen LogP contribution < -0.4 is 5.32 Å². The van der Waals surface area contributed by atoms with E-state index in [9.17, 15) is 4.79 Å². The van der Waals surface area contributed by atoms with Crippen LogP contribution in [0.4, 0.5) is 4.79 Å². The number of hydrogen-bond acceptors (Lipinski definition) is 4. The van der Waals surface area contributed by atoms with Crippen LogP contribution in [-0.4, -0.2) is 23.2 Å². The summed E-state index contributed by atoms with van der Waals surface area (Å²) in [5.41, 5.74) is 0.894. The zero-order chi connectivity index (χ0) is 13.6. The van der Waals surface area contributed by atoms with Gasteiger partial charge in [-0.2, -0.15) is 5.26 Å². The maximum Gasteiger partial charge on any atom is 0.407 e. The van der Waals surface area contributed by atoms with Crippen molar-refractivity contribution in [3.05, 3.63) is 29.6 Å². The van der Waals surface area contributed by atoms with Gasteiger partial charge in [-0.1, -0.05) is 0 Å². The van der Waals surface area contributed by atoms with E-state index in [-0.39, 0.29) is 0 Å². The SMILES string of the molecule is CC(C)(C)OC(=O)NCCc1ccncc1C#N. The van der Waals surface area contributed by atoms with E-state index in [0.717, 1.165) is 5.56 Å². The lowest BCUT2D eigenvalue weighted by molar-refractivity contribution is 0.0528. The van der Waals surface area contributed by atoms with Gasteiger partial charge in [0, 0.05) is 18.9 Å². The number of nitrogens with zero attached hydrogens (tertiary/aromatic N) is 2. The zero-order valence-corrected chi connectivity index (χ0v) is 10.9. The largest absolute Gasteiger partial charge is 0.444 e. The molecule has 0 spiro atoms. The molecule has 1 N–H and O–H groups in total. The van der Waals surface area contributed by atoms with Gasteiger partial charge >= 0.3 is 6.09 Å². The summed E-state index contributed by atoms with van der Waals surface area (Å²) in [6, 6.07) is 3.84. The van der Waals surface area contributed by atoms with Crippen molar-refractivity contribution in [2.75, 3.05) is 6.54 Å². The summed E-state index contributed by atoms with van der Waals surface area (Å²) in [5.74, 6) is 0. The van der Waals surface area contributed by atoms with Crippen LogP contribution in [0.15, 0.2) is 18.5 Å². The summed E-state index contributed by atoms with van der Waals surface area (Å²) in [4.78, 5) is 15.3. The first kappa shape index (κ1) is 14.0. The third-order valence-corrected chi connectivity index (χ3v) is 2.09. The van der Waals surface area contributed by atoms with Gasteiger partial charge in [0.2, 0.25) is 0 Å². The van der Waals surface area contributed by atoms with Gasteiger partial charge in [0.05, 0.1) is 5.56 Å². The van der Waals surface area contributed by atoms with Crippen LogP contribution in [0.3, 0.4) is 0 Å². The highest BCUT2D eigenvalue weighted by Gasteiger charge is 2.15. The molecule has 5 nitrogen and oxygen atoms in total. The summed E-state index contributed by atoms with van der Waals surface area (Å²) in [6.45, 7) is 5.85. The molecule has 18 heavy (non-hydrogen) atoms. The number of hydrogen-bond donors (Lipinski definition) is 1. The van der Waals surface area contributed by atoms with Crippen molar-refractivity contribution in [2.24, 2.45) is 0 Å². The van der Waals surface area contributed by atoms with E-state index in [1.807, 2.05) is 20.8 Å². The first-order valence-electron chi connectivity index (χ1n) is 5.72. The van der Waals surface area contributed by atoms with Crippen LogP contribution >= 0.6 is 0 Å². The standard InChI is InChI=1S/C13H17N3O2/c1-13(2,3)18-12(17)16-7-5-10-4-6-15-9-11(10)8-14/h4,6,9H,5,7H2,1-3H3,(H,16,17). The second kappa shape index (κ2) is 6.01. The molecule has 1 amide bonds. The number of amides is 1. The average Bonchev–Trinajstić information content (AvgIpc) is 2.27. The molecule has 0 bridgehead atoms. The average molecular weight is 247 g/mol. The highest BCUT2D eigenvalue weighted by Crippen LogP contribution is 2.07. The van der Waals surface area contributed by atoms with Crippen molar-refractivity contribution in [3.63, 3.8) is 0 Å². The molecule has 0 saturated carbocycles. The van der Waals surface area contributed by atoms with Crippen molar-refractivity contribution in [3.8, 4) is 6.07 Å². The normalized spacial score (nSPS) is 10.6. The third-order valence-electron chi connectivity index (χ3n) is 2.09. The first-order chi connectivity index (χ1) is 8.42. The molecule has 0 aromatic carbocycles. The number of nitrogens with one attached hydrogen (secondary N) is 1. The Labute approximate surface area is 107 Å². The smallest absolute Gasteiger partial charge is 0.407 e. The third kappa shape index (κ3) is 4.83. The number of alkyl carbamates (subject to hydrolysis) is 1. The van der Waals surface area contributed by atoms with Crippen LogP contribution in [0.2, 0.25) is 0 Å². The van der Waals surface area contributed by atoms with Gasteiger partial charge < -0.3 is 10.1 Å². The van der Waals surface area contributed by atoms with E-state index in [4.69, 9.17) is 10.00 Å². The van der Waals surface area contributed by atoms with Gasteiger partial charge in [0.25, 0.3) is 0 Å². The predicted octanol–water partition coefficient (Wildman–Crippen LogP) is 2.02. The fraction of sp³-hybridized carbons (Fsp3) is 0.462. The molecule has 5 heteroatoms. The molecule has 96 valence electrons. The lowest BCUT2D eigenvalue weighted by Gasteiger charge is -2.19. The van der Waals surface area contributed by atoms with Crippen LogP contribution in [0.1, 0.15) is 31.9 Å². The minimum atomic E-state index is -0.501. The van der Waals surface area contributed by atoms with E-state index < -0.39 is 11.7 Å². The quantitative estimate of drug-likeness (QED) is 0.886. The Hall–Kier alpha value is -2.09. The summed E-state index contributed by atoms with van der Waals surface area (Å²) in [6.07, 6.45) is 3.27. The van der Waals surface area contributed by atoms with Crippen LogP contribution in [-0.2, 0) is 11.2 Å². The monoisotopic (exact) mass is 247 g/mol. The van der Waals surface area contributed by atoms with E-state index >= 15 is 0 Å². The first-order valence-corrected chi connectivity index (χ1v) is 5.72. The molecular formula is C13H17N3O2. The van der Waals surface area contributed by atoms with Gasteiger partial charge in [-0.3, -0.25) is 4.98 Å². The predicted molar refractivity (Wildman–Crippen MR) is 66.9 cm³/mol. The highest BCUT2D eigenvalue weighted by atomic mass is 16.6. The van der Waals surface area contributed by atoms with Crippen molar-refractivity contribution in [2.45, 2.75) is 32.8 Å². The van der Waals surface area contributed by atoms with Gasteiger partial charge in [0.1, 0.15) is 11.7 Å². The second-order valence-electron chi connectivity index (χ2n) is 4.82.